The SMILES string of the molecule is C[C@@H](C(=O)O)N(C)C(=O)OC(C)(C)C.O=C(O)CNC1CCCCC1. The molecule has 0 aromatic carbocycles. The third kappa shape index (κ3) is 11.4. The smallest absolute Gasteiger partial charge is 0.410 e. The van der Waals surface area contributed by atoms with Crippen LogP contribution in [0.3, 0.4) is 0 Å². The number of ether oxygens (including phenoxy) is 1. The molecular weight excluding hydrogens is 328 g/mol. The van der Waals surface area contributed by atoms with Crippen LogP contribution in [0.15, 0.2) is 0 Å². The van der Waals surface area contributed by atoms with Crippen LogP contribution in [0.4, 0.5) is 4.79 Å². The number of aliphatic carboxylic acids is 2. The van der Waals surface area contributed by atoms with Crippen molar-refractivity contribution in [2.45, 2.75) is 77.5 Å². The minimum absolute atomic E-state index is 0.116. The minimum atomic E-state index is -1.06. The van der Waals surface area contributed by atoms with Crippen molar-refractivity contribution in [2.24, 2.45) is 0 Å². The normalized spacial score (nSPS) is 16.2. The molecule has 3 N–H and O–H groups in total. The van der Waals surface area contributed by atoms with E-state index in [-0.39, 0.29) is 6.54 Å². The molecule has 1 atom stereocenters. The van der Waals surface area contributed by atoms with Crippen molar-refractivity contribution in [1.82, 2.24) is 10.2 Å². The van der Waals surface area contributed by atoms with Crippen LogP contribution in [-0.4, -0.2) is 64.4 Å². The number of nitrogens with zero attached hydrogens (tertiary/aromatic N) is 1. The van der Waals surface area contributed by atoms with Crippen LogP contribution in [-0.2, 0) is 14.3 Å². The molecule has 146 valence electrons. The number of carboxylic acid groups (broad SMARTS) is 2. The van der Waals surface area contributed by atoms with E-state index in [9.17, 15) is 14.4 Å². The van der Waals surface area contributed by atoms with Gasteiger partial charge in [0.1, 0.15) is 11.6 Å². The van der Waals surface area contributed by atoms with Crippen molar-refractivity contribution in [2.75, 3.05) is 13.6 Å². The number of rotatable bonds is 5. The van der Waals surface area contributed by atoms with E-state index in [1.54, 1.807) is 20.8 Å². The summed E-state index contributed by atoms with van der Waals surface area (Å²) in [6, 6.07) is -0.426. The zero-order valence-corrected chi connectivity index (χ0v) is 15.9. The van der Waals surface area contributed by atoms with E-state index in [1.165, 1.54) is 33.2 Å². The zero-order valence-electron chi connectivity index (χ0n) is 15.9. The summed E-state index contributed by atoms with van der Waals surface area (Å²) in [4.78, 5) is 33.1. The van der Waals surface area contributed by atoms with Crippen molar-refractivity contribution in [3.05, 3.63) is 0 Å². The van der Waals surface area contributed by atoms with Gasteiger partial charge >= 0.3 is 18.0 Å². The summed E-state index contributed by atoms with van der Waals surface area (Å²) in [7, 11) is 1.40. The van der Waals surface area contributed by atoms with Crippen LogP contribution in [0.5, 0.6) is 0 Å². The predicted octanol–water partition coefficient (Wildman–Crippen LogP) is 2.32. The summed E-state index contributed by atoms with van der Waals surface area (Å²) in [6.07, 6.45) is 5.47. The van der Waals surface area contributed by atoms with E-state index in [0.29, 0.717) is 6.04 Å². The lowest BCUT2D eigenvalue weighted by Gasteiger charge is -2.26. The highest BCUT2D eigenvalue weighted by molar-refractivity contribution is 5.79. The Kier molecular flexibility index (Phi) is 10.1. The second-order valence-electron chi connectivity index (χ2n) is 7.22. The third-order valence-electron chi connectivity index (χ3n) is 3.77. The Morgan fingerprint density at radius 2 is 1.68 bits per heavy atom. The molecular formula is C17H32N2O6. The van der Waals surface area contributed by atoms with Crippen molar-refractivity contribution < 1.29 is 29.3 Å². The fraction of sp³-hybridized carbons (Fsp3) is 0.824. The van der Waals surface area contributed by atoms with Crippen LogP contribution in [0.1, 0.15) is 59.8 Å². The highest BCUT2D eigenvalue weighted by atomic mass is 16.6. The summed E-state index contributed by atoms with van der Waals surface area (Å²) in [5.74, 6) is -1.81. The Hall–Kier alpha value is -1.83. The molecule has 1 fully saturated rings. The molecule has 1 rings (SSSR count). The number of nitrogens with one attached hydrogen (secondary N) is 1. The minimum Gasteiger partial charge on any atom is -0.480 e. The average Bonchev–Trinajstić information content (AvgIpc) is 2.51. The van der Waals surface area contributed by atoms with Gasteiger partial charge in [-0.1, -0.05) is 19.3 Å². The first-order valence-electron chi connectivity index (χ1n) is 8.58. The number of carbonyl (C=O) groups excluding carboxylic acids is 1. The fourth-order valence-corrected chi connectivity index (χ4v) is 2.20. The standard InChI is InChI=1S/C9H17NO4.C8H15NO2/c1-6(7(11)12)10(5)8(13)14-9(2,3)4;10-8(11)6-9-7-4-2-1-3-5-7/h6H,1-5H3,(H,11,12);7,9H,1-6H2,(H,10,11)/t6-;/m0./s1. The summed E-state index contributed by atoms with van der Waals surface area (Å²) < 4.78 is 4.99. The first-order valence-corrected chi connectivity index (χ1v) is 8.58. The van der Waals surface area contributed by atoms with E-state index in [2.05, 4.69) is 5.32 Å². The zero-order chi connectivity index (χ0) is 19.6. The number of carboxylic acids is 2. The fourth-order valence-electron chi connectivity index (χ4n) is 2.20. The third-order valence-corrected chi connectivity index (χ3v) is 3.77. The first kappa shape index (κ1) is 23.2. The number of hydrogen-bond acceptors (Lipinski definition) is 5. The molecule has 0 aliphatic heterocycles. The van der Waals surface area contributed by atoms with Gasteiger partial charge in [0, 0.05) is 13.1 Å². The summed E-state index contributed by atoms with van der Waals surface area (Å²) in [5.41, 5.74) is -0.608. The molecule has 0 aromatic heterocycles. The molecule has 8 heteroatoms. The van der Waals surface area contributed by atoms with Crippen LogP contribution >= 0.6 is 0 Å². The second kappa shape index (κ2) is 10.9. The topological polar surface area (TPSA) is 116 Å². The molecule has 1 aliphatic carbocycles. The predicted molar refractivity (Wildman–Crippen MR) is 93.6 cm³/mol. The monoisotopic (exact) mass is 360 g/mol. The van der Waals surface area contributed by atoms with Crippen molar-refractivity contribution in [3.8, 4) is 0 Å². The number of amides is 1. The Morgan fingerprint density at radius 3 is 2.08 bits per heavy atom. The Balaban J connectivity index is 0.000000472. The molecule has 0 unspecified atom stereocenters. The molecule has 1 aliphatic rings. The van der Waals surface area contributed by atoms with Gasteiger partial charge in [-0.2, -0.15) is 0 Å². The van der Waals surface area contributed by atoms with Crippen LogP contribution in [0, 0.1) is 0 Å². The van der Waals surface area contributed by atoms with Crippen molar-refractivity contribution in [1.29, 1.82) is 0 Å². The Bertz CT molecular complexity index is 441. The molecule has 1 amide bonds. The summed E-state index contributed by atoms with van der Waals surface area (Å²) in [5, 5.41) is 20.1. The highest BCUT2D eigenvalue weighted by Crippen LogP contribution is 2.16. The maximum Gasteiger partial charge on any atom is 0.410 e. The lowest BCUT2D eigenvalue weighted by atomic mass is 9.96. The lowest BCUT2D eigenvalue weighted by molar-refractivity contribution is -0.142. The molecule has 0 spiro atoms. The van der Waals surface area contributed by atoms with Crippen LogP contribution in [0.25, 0.3) is 0 Å². The molecule has 1 saturated carbocycles. The maximum atomic E-state index is 11.3. The molecule has 0 aromatic rings. The quantitative estimate of drug-likeness (QED) is 0.689. The first-order chi connectivity index (χ1) is 11.4. The number of hydrogen-bond donors (Lipinski definition) is 3. The summed E-state index contributed by atoms with van der Waals surface area (Å²) in [6.45, 7) is 6.72. The van der Waals surface area contributed by atoms with Gasteiger partial charge in [0.2, 0.25) is 0 Å². The van der Waals surface area contributed by atoms with Crippen LogP contribution in [0.2, 0.25) is 0 Å². The number of likely N-dealkylation sites (N-methyl/N-ethyl adjacent to an activating group) is 1. The van der Waals surface area contributed by atoms with Gasteiger partial charge in [-0.05, 0) is 40.5 Å². The lowest BCUT2D eigenvalue weighted by Crippen LogP contribution is -2.43. The molecule has 0 radical (unpaired) electrons. The van der Waals surface area contributed by atoms with E-state index in [0.717, 1.165) is 17.7 Å². The number of carbonyl (C=O) groups is 3. The highest BCUT2D eigenvalue weighted by Gasteiger charge is 2.26. The molecule has 0 saturated heterocycles. The van der Waals surface area contributed by atoms with E-state index >= 15 is 0 Å². The van der Waals surface area contributed by atoms with Crippen molar-refractivity contribution >= 4 is 18.0 Å². The Labute approximate surface area is 149 Å². The van der Waals surface area contributed by atoms with Crippen LogP contribution < -0.4 is 5.32 Å². The van der Waals surface area contributed by atoms with Gasteiger partial charge in [0.25, 0.3) is 0 Å². The van der Waals surface area contributed by atoms with Gasteiger partial charge in [0.15, 0.2) is 0 Å². The molecule has 0 heterocycles. The van der Waals surface area contributed by atoms with E-state index in [1.807, 2.05) is 0 Å². The molecule has 0 bridgehead atoms. The average molecular weight is 360 g/mol. The van der Waals surface area contributed by atoms with Crippen molar-refractivity contribution in [3.63, 3.8) is 0 Å². The van der Waals surface area contributed by atoms with Gasteiger partial charge < -0.3 is 20.3 Å². The van der Waals surface area contributed by atoms with E-state index < -0.39 is 29.7 Å². The van der Waals surface area contributed by atoms with Gasteiger partial charge in [-0.25, -0.2) is 9.59 Å². The van der Waals surface area contributed by atoms with E-state index in [4.69, 9.17) is 14.9 Å². The molecule has 8 nitrogen and oxygen atoms in total. The van der Waals surface area contributed by atoms with Gasteiger partial charge in [-0.3, -0.25) is 9.69 Å². The van der Waals surface area contributed by atoms with Gasteiger partial charge in [0.05, 0.1) is 6.54 Å². The Morgan fingerprint density at radius 1 is 1.16 bits per heavy atom. The maximum absolute atomic E-state index is 11.3. The largest absolute Gasteiger partial charge is 0.480 e. The van der Waals surface area contributed by atoms with Gasteiger partial charge in [-0.15, -0.1) is 0 Å². The summed E-state index contributed by atoms with van der Waals surface area (Å²) >= 11 is 0. The second-order valence-corrected chi connectivity index (χ2v) is 7.22. The molecule has 25 heavy (non-hydrogen) atoms.